The number of hydrogen-bond donors (Lipinski definition) is 1. The smallest absolute Gasteiger partial charge is 0.239 e. The molecule has 0 saturated heterocycles. The highest BCUT2D eigenvalue weighted by Gasteiger charge is 2.26. The molecule has 0 radical (unpaired) electrons. The molecular formula is C8H14N4O. The maximum Gasteiger partial charge on any atom is 0.239 e. The summed E-state index contributed by atoms with van der Waals surface area (Å²) < 4.78 is 7.12. The van der Waals surface area contributed by atoms with Crippen LogP contribution in [0.1, 0.15) is 25.3 Å². The Balaban J connectivity index is 2.03. The van der Waals surface area contributed by atoms with Crippen molar-refractivity contribution < 1.29 is 4.74 Å². The third-order valence-electron chi connectivity index (χ3n) is 2.59. The molecular weight excluding hydrogens is 168 g/mol. The van der Waals surface area contributed by atoms with Crippen LogP contribution in [-0.4, -0.2) is 28.0 Å². The fourth-order valence-electron chi connectivity index (χ4n) is 1.84. The van der Waals surface area contributed by atoms with Crippen LogP contribution in [0.2, 0.25) is 0 Å². The van der Waals surface area contributed by atoms with Gasteiger partial charge in [0.1, 0.15) is 6.33 Å². The molecule has 1 saturated carbocycles. The van der Waals surface area contributed by atoms with E-state index in [4.69, 9.17) is 10.5 Å². The van der Waals surface area contributed by atoms with Crippen molar-refractivity contribution in [2.24, 2.45) is 0 Å². The van der Waals surface area contributed by atoms with Crippen molar-refractivity contribution in [2.45, 2.75) is 31.4 Å². The Bertz CT molecular complexity index is 285. The summed E-state index contributed by atoms with van der Waals surface area (Å²) >= 11 is 0. The minimum absolute atomic E-state index is 0.348. The van der Waals surface area contributed by atoms with Crippen molar-refractivity contribution in [3.8, 4) is 0 Å². The standard InChI is InChI=1S/C8H14N4O/c1-13-7-3-2-6(4-7)12-5-10-8(9)11-12/h5-7H,2-4H2,1H3,(H2,9,11). The van der Waals surface area contributed by atoms with Gasteiger partial charge in [0, 0.05) is 7.11 Å². The average molecular weight is 182 g/mol. The second kappa shape index (κ2) is 3.33. The zero-order valence-corrected chi connectivity index (χ0v) is 7.68. The van der Waals surface area contributed by atoms with Gasteiger partial charge in [-0.15, -0.1) is 5.10 Å². The van der Waals surface area contributed by atoms with Crippen molar-refractivity contribution in [3.05, 3.63) is 6.33 Å². The summed E-state index contributed by atoms with van der Waals surface area (Å²) in [4.78, 5) is 3.90. The number of aromatic nitrogens is 3. The first-order chi connectivity index (χ1) is 6.29. The van der Waals surface area contributed by atoms with Crippen molar-refractivity contribution in [1.82, 2.24) is 14.8 Å². The number of anilines is 1. The molecule has 13 heavy (non-hydrogen) atoms. The van der Waals surface area contributed by atoms with Crippen LogP contribution >= 0.6 is 0 Å². The Morgan fingerprint density at radius 3 is 3.00 bits per heavy atom. The van der Waals surface area contributed by atoms with Crippen molar-refractivity contribution >= 4 is 5.95 Å². The monoisotopic (exact) mass is 182 g/mol. The summed E-state index contributed by atoms with van der Waals surface area (Å²) in [5.41, 5.74) is 5.44. The number of methoxy groups -OCH3 is 1. The molecule has 0 spiro atoms. The topological polar surface area (TPSA) is 66.0 Å². The van der Waals surface area contributed by atoms with E-state index in [0.717, 1.165) is 19.3 Å². The van der Waals surface area contributed by atoms with Crippen LogP contribution < -0.4 is 5.73 Å². The van der Waals surface area contributed by atoms with Crippen LogP contribution in [-0.2, 0) is 4.74 Å². The zero-order chi connectivity index (χ0) is 9.26. The van der Waals surface area contributed by atoms with Crippen molar-refractivity contribution in [2.75, 3.05) is 12.8 Å². The molecule has 1 aromatic heterocycles. The number of nitrogens with zero attached hydrogens (tertiary/aromatic N) is 3. The van der Waals surface area contributed by atoms with Gasteiger partial charge >= 0.3 is 0 Å². The third-order valence-corrected chi connectivity index (χ3v) is 2.59. The summed E-state index contributed by atoms with van der Waals surface area (Å²) in [5.74, 6) is 0.348. The highest BCUT2D eigenvalue weighted by atomic mass is 16.5. The quantitative estimate of drug-likeness (QED) is 0.727. The van der Waals surface area contributed by atoms with E-state index in [1.807, 2.05) is 4.68 Å². The fraction of sp³-hybridized carbons (Fsp3) is 0.750. The minimum atomic E-state index is 0.348. The van der Waals surface area contributed by atoms with Crippen LogP contribution in [0.15, 0.2) is 6.33 Å². The summed E-state index contributed by atoms with van der Waals surface area (Å²) in [7, 11) is 1.75. The fourth-order valence-corrected chi connectivity index (χ4v) is 1.84. The van der Waals surface area contributed by atoms with Gasteiger partial charge in [-0.1, -0.05) is 0 Å². The van der Waals surface area contributed by atoms with E-state index in [2.05, 4.69) is 10.1 Å². The Morgan fingerprint density at radius 1 is 1.62 bits per heavy atom. The summed E-state index contributed by atoms with van der Waals surface area (Å²) in [5, 5.41) is 4.09. The van der Waals surface area contributed by atoms with Crippen LogP contribution in [0.3, 0.4) is 0 Å². The maximum absolute atomic E-state index is 5.44. The molecule has 5 nitrogen and oxygen atoms in total. The van der Waals surface area contributed by atoms with Gasteiger partial charge in [0.05, 0.1) is 12.1 Å². The second-order valence-electron chi connectivity index (χ2n) is 3.41. The van der Waals surface area contributed by atoms with E-state index in [1.165, 1.54) is 0 Å². The van der Waals surface area contributed by atoms with Crippen molar-refractivity contribution in [1.29, 1.82) is 0 Å². The third kappa shape index (κ3) is 1.65. The molecule has 1 fully saturated rings. The lowest BCUT2D eigenvalue weighted by molar-refractivity contribution is 0.105. The first kappa shape index (κ1) is 8.50. The number of ether oxygens (including phenoxy) is 1. The maximum atomic E-state index is 5.44. The van der Waals surface area contributed by atoms with Gasteiger partial charge in [0.15, 0.2) is 0 Å². The lowest BCUT2D eigenvalue weighted by atomic mass is 10.2. The summed E-state index contributed by atoms with van der Waals surface area (Å²) in [6.45, 7) is 0. The molecule has 1 heterocycles. The van der Waals surface area contributed by atoms with Gasteiger partial charge in [-0.2, -0.15) is 0 Å². The Morgan fingerprint density at radius 2 is 2.46 bits per heavy atom. The van der Waals surface area contributed by atoms with Gasteiger partial charge in [-0.3, -0.25) is 0 Å². The summed E-state index contributed by atoms with van der Waals surface area (Å²) in [6, 6.07) is 0.412. The summed E-state index contributed by atoms with van der Waals surface area (Å²) in [6.07, 6.45) is 5.27. The van der Waals surface area contributed by atoms with E-state index in [1.54, 1.807) is 13.4 Å². The molecule has 5 heteroatoms. The SMILES string of the molecule is COC1CCC(n2cnc(N)n2)C1. The van der Waals surface area contributed by atoms with Crippen molar-refractivity contribution in [3.63, 3.8) is 0 Å². The molecule has 1 aromatic rings. The predicted molar refractivity (Wildman–Crippen MR) is 48.1 cm³/mol. The molecule has 2 unspecified atom stereocenters. The number of nitrogens with two attached hydrogens (primary N) is 1. The van der Waals surface area contributed by atoms with Crippen LogP contribution in [0.4, 0.5) is 5.95 Å². The van der Waals surface area contributed by atoms with E-state index in [9.17, 15) is 0 Å². The van der Waals surface area contributed by atoms with Crippen LogP contribution in [0, 0.1) is 0 Å². The van der Waals surface area contributed by atoms with E-state index < -0.39 is 0 Å². The van der Waals surface area contributed by atoms with E-state index >= 15 is 0 Å². The molecule has 72 valence electrons. The average Bonchev–Trinajstić information content (AvgIpc) is 2.71. The normalized spacial score (nSPS) is 28.1. The largest absolute Gasteiger partial charge is 0.381 e. The number of nitrogen functional groups attached to an aromatic ring is 1. The first-order valence-corrected chi connectivity index (χ1v) is 4.49. The number of hydrogen-bond acceptors (Lipinski definition) is 4. The van der Waals surface area contributed by atoms with Crippen LogP contribution in [0.25, 0.3) is 0 Å². The lowest BCUT2D eigenvalue weighted by Crippen LogP contribution is -2.09. The molecule has 1 aliphatic carbocycles. The molecule has 1 aliphatic rings. The second-order valence-corrected chi connectivity index (χ2v) is 3.41. The van der Waals surface area contributed by atoms with E-state index in [-0.39, 0.29) is 0 Å². The number of rotatable bonds is 2. The molecule has 0 amide bonds. The van der Waals surface area contributed by atoms with Gasteiger partial charge < -0.3 is 10.5 Å². The lowest BCUT2D eigenvalue weighted by Gasteiger charge is -2.09. The predicted octanol–water partition coefficient (Wildman–Crippen LogP) is 0.600. The highest BCUT2D eigenvalue weighted by Crippen LogP contribution is 2.30. The minimum Gasteiger partial charge on any atom is -0.381 e. The Kier molecular flexibility index (Phi) is 2.18. The Hall–Kier alpha value is -1.10. The molecule has 0 bridgehead atoms. The molecule has 0 aliphatic heterocycles. The first-order valence-electron chi connectivity index (χ1n) is 4.49. The molecule has 2 N–H and O–H groups in total. The molecule has 0 aromatic carbocycles. The van der Waals surface area contributed by atoms with Gasteiger partial charge in [0.25, 0.3) is 0 Å². The zero-order valence-electron chi connectivity index (χ0n) is 7.68. The molecule has 2 atom stereocenters. The highest BCUT2D eigenvalue weighted by molar-refractivity contribution is 5.09. The van der Waals surface area contributed by atoms with Crippen LogP contribution in [0.5, 0.6) is 0 Å². The van der Waals surface area contributed by atoms with Gasteiger partial charge in [-0.25, -0.2) is 9.67 Å². The Labute approximate surface area is 76.9 Å². The van der Waals surface area contributed by atoms with E-state index in [0.29, 0.717) is 18.1 Å². The molecule has 2 rings (SSSR count). The van der Waals surface area contributed by atoms with Gasteiger partial charge in [-0.05, 0) is 19.3 Å². The van der Waals surface area contributed by atoms with Gasteiger partial charge in [0.2, 0.25) is 5.95 Å².